The molecule has 108 valence electrons. The summed E-state index contributed by atoms with van der Waals surface area (Å²) in [5, 5.41) is 6.01. The van der Waals surface area contributed by atoms with Crippen LogP contribution in [0, 0.1) is 0 Å². The molecule has 0 fully saturated rings. The second kappa shape index (κ2) is 6.41. The average molecular weight is 275 g/mol. The van der Waals surface area contributed by atoms with E-state index < -0.39 is 0 Å². The quantitative estimate of drug-likeness (QED) is 0.869. The van der Waals surface area contributed by atoms with Crippen LogP contribution in [0.15, 0.2) is 18.2 Å². The fraction of sp³-hybridized carbons (Fsp3) is 0.467. The molecular formula is C15H21N3O2. The Balaban J connectivity index is 2.14. The van der Waals surface area contributed by atoms with Crippen molar-refractivity contribution >= 4 is 17.5 Å². The van der Waals surface area contributed by atoms with Crippen LogP contribution in [0.5, 0.6) is 0 Å². The molecule has 1 aliphatic heterocycles. The number of nitrogens with one attached hydrogen (secondary N) is 2. The Labute approximate surface area is 119 Å². The van der Waals surface area contributed by atoms with E-state index in [2.05, 4.69) is 10.6 Å². The minimum atomic E-state index is -0.133. The molecule has 1 aliphatic rings. The van der Waals surface area contributed by atoms with E-state index in [0.29, 0.717) is 12.1 Å². The largest absolute Gasteiger partial charge is 0.385 e. The van der Waals surface area contributed by atoms with Crippen LogP contribution < -0.4 is 10.6 Å². The van der Waals surface area contributed by atoms with E-state index in [1.165, 1.54) is 4.90 Å². The molecule has 1 aromatic carbocycles. The van der Waals surface area contributed by atoms with E-state index >= 15 is 0 Å². The van der Waals surface area contributed by atoms with Crippen LogP contribution in [0.3, 0.4) is 0 Å². The van der Waals surface area contributed by atoms with Crippen molar-refractivity contribution in [2.45, 2.75) is 19.8 Å². The summed E-state index contributed by atoms with van der Waals surface area (Å²) in [5.74, 6) is -0.233. The maximum absolute atomic E-state index is 12.5. The summed E-state index contributed by atoms with van der Waals surface area (Å²) in [6.45, 7) is 3.47. The third-order valence-corrected chi connectivity index (χ3v) is 3.43. The lowest BCUT2D eigenvalue weighted by Crippen LogP contribution is -2.38. The predicted octanol–water partition coefficient (Wildman–Crippen LogP) is 1.25. The number of carbonyl (C=O) groups is 2. The van der Waals surface area contributed by atoms with Crippen LogP contribution in [0.1, 0.15) is 29.3 Å². The zero-order chi connectivity index (χ0) is 14.5. The van der Waals surface area contributed by atoms with Crippen molar-refractivity contribution in [3.8, 4) is 0 Å². The number of rotatable bonds is 4. The van der Waals surface area contributed by atoms with E-state index in [1.807, 2.05) is 25.1 Å². The second-order valence-electron chi connectivity index (χ2n) is 4.98. The molecule has 5 nitrogen and oxygen atoms in total. The highest BCUT2D eigenvalue weighted by molar-refractivity contribution is 5.98. The highest BCUT2D eigenvalue weighted by atomic mass is 16.2. The minimum absolute atomic E-state index is 0.0871. The van der Waals surface area contributed by atoms with E-state index in [-0.39, 0.29) is 18.4 Å². The zero-order valence-electron chi connectivity index (χ0n) is 12.0. The van der Waals surface area contributed by atoms with Gasteiger partial charge in [0.2, 0.25) is 5.91 Å². The summed E-state index contributed by atoms with van der Waals surface area (Å²) < 4.78 is 0. The van der Waals surface area contributed by atoms with Gasteiger partial charge in [-0.3, -0.25) is 9.59 Å². The Morgan fingerprint density at radius 1 is 1.40 bits per heavy atom. The first kappa shape index (κ1) is 14.4. The topological polar surface area (TPSA) is 61.4 Å². The summed E-state index contributed by atoms with van der Waals surface area (Å²) in [6.07, 6.45) is 1.93. The van der Waals surface area contributed by atoms with Crippen LogP contribution >= 0.6 is 0 Å². The molecule has 0 radical (unpaired) electrons. The molecular weight excluding hydrogens is 254 g/mol. The lowest BCUT2D eigenvalue weighted by atomic mass is 9.97. The molecule has 0 spiro atoms. The van der Waals surface area contributed by atoms with Crippen LogP contribution in [0.4, 0.5) is 5.69 Å². The summed E-state index contributed by atoms with van der Waals surface area (Å²) in [6, 6.07) is 5.71. The van der Waals surface area contributed by atoms with Gasteiger partial charge in [0, 0.05) is 31.4 Å². The first-order chi connectivity index (χ1) is 9.63. The molecule has 0 aromatic heterocycles. The monoisotopic (exact) mass is 275 g/mol. The van der Waals surface area contributed by atoms with Gasteiger partial charge in [0.05, 0.1) is 6.54 Å². The van der Waals surface area contributed by atoms with Gasteiger partial charge in [-0.05, 0) is 37.5 Å². The standard InChI is InChI=1S/C15H21N3O2/c1-3-16-14(19)10-18(2)15(20)12-6-4-8-13-11(12)7-5-9-17-13/h4,6,8,17H,3,5,7,9-10H2,1-2H3,(H,16,19). The van der Waals surface area contributed by atoms with Gasteiger partial charge in [0.15, 0.2) is 0 Å². The predicted molar refractivity (Wildman–Crippen MR) is 78.9 cm³/mol. The number of nitrogens with zero attached hydrogens (tertiary/aromatic N) is 1. The molecule has 0 atom stereocenters. The third-order valence-electron chi connectivity index (χ3n) is 3.43. The summed E-state index contributed by atoms with van der Waals surface area (Å²) in [4.78, 5) is 25.5. The fourth-order valence-corrected chi connectivity index (χ4v) is 2.46. The van der Waals surface area contributed by atoms with Crippen molar-refractivity contribution in [3.05, 3.63) is 29.3 Å². The van der Waals surface area contributed by atoms with E-state index in [1.54, 1.807) is 7.05 Å². The van der Waals surface area contributed by atoms with Gasteiger partial charge in [-0.25, -0.2) is 0 Å². The average Bonchev–Trinajstić information content (AvgIpc) is 2.46. The summed E-state index contributed by atoms with van der Waals surface area (Å²) in [7, 11) is 1.66. The lowest BCUT2D eigenvalue weighted by molar-refractivity contribution is -0.121. The van der Waals surface area contributed by atoms with Gasteiger partial charge in [-0.15, -0.1) is 0 Å². The van der Waals surface area contributed by atoms with Gasteiger partial charge in [0.1, 0.15) is 0 Å². The van der Waals surface area contributed by atoms with Crippen molar-refractivity contribution in [3.63, 3.8) is 0 Å². The normalized spacial score (nSPS) is 13.1. The highest BCUT2D eigenvalue weighted by Crippen LogP contribution is 2.25. The van der Waals surface area contributed by atoms with Crippen LogP contribution in [-0.2, 0) is 11.2 Å². The van der Waals surface area contributed by atoms with E-state index in [9.17, 15) is 9.59 Å². The molecule has 0 saturated carbocycles. The molecule has 0 unspecified atom stereocenters. The number of likely N-dealkylation sites (N-methyl/N-ethyl adjacent to an activating group) is 2. The molecule has 0 aliphatic carbocycles. The Bertz CT molecular complexity index is 514. The first-order valence-corrected chi connectivity index (χ1v) is 7.01. The number of anilines is 1. The number of hydrogen-bond acceptors (Lipinski definition) is 3. The summed E-state index contributed by atoms with van der Waals surface area (Å²) in [5.41, 5.74) is 2.79. The first-order valence-electron chi connectivity index (χ1n) is 7.01. The molecule has 1 heterocycles. The maximum Gasteiger partial charge on any atom is 0.254 e. The highest BCUT2D eigenvalue weighted by Gasteiger charge is 2.21. The Morgan fingerprint density at radius 2 is 2.20 bits per heavy atom. The Morgan fingerprint density at radius 3 is 2.95 bits per heavy atom. The number of hydrogen-bond donors (Lipinski definition) is 2. The van der Waals surface area contributed by atoms with Crippen molar-refractivity contribution in [1.29, 1.82) is 0 Å². The van der Waals surface area contributed by atoms with Gasteiger partial charge in [-0.2, -0.15) is 0 Å². The SMILES string of the molecule is CCNC(=O)CN(C)C(=O)c1cccc2c1CCCN2. The molecule has 2 N–H and O–H groups in total. The smallest absolute Gasteiger partial charge is 0.254 e. The molecule has 1 aromatic rings. The molecule has 2 rings (SSSR count). The van der Waals surface area contributed by atoms with Crippen LogP contribution in [-0.4, -0.2) is 43.4 Å². The van der Waals surface area contributed by atoms with Gasteiger partial charge in [0.25, 0.3) is 5.91 Å². The lowest BCUT2D eigenvalue weighted by Gasteiger charge is -2.23. The van der Waals surface area contributed by atoms with Gasteiger partial charge < -0.3 is 15.5 Å². The zero-order valence-corrected chi connectivity index (χ0v) is 12.0. The third kappa shape index (κ3) is 3.10. The number of amides is 2. The molecule has 20 heavy (non-hydrogen) atoms. The van der Waals surface area contributed by atoms with Gasteiger partial charge >= 0.3 is 0 Å². The van der Waals surface area contributed by atoms with Crippen molar-refractivity contribution in [1.82, 2.24) is 10.2 Å². The molecule has 0 saturated heterocycles. The Kier molecular flexibility index (Phi) is 4.61. The van der Waals surface area contributed by atoms with E-state index in [0.717, 1.165) is 30.6 Å². The Hall–Kier alpha value is -2.04. The molecule has 0 bridgehead atoms. The van der Waals surface area contributed by atoms with E-state index in [4.69, 9.17) is 0 Å². The van der Waals surface area contributed by atoms with Gasteiger partial charge in [-0.1, -0.05) is 6.07 Å². The minimum Gasteiger partial charge on any atom is -0.385 e. The fourth-order valence-electron chi connectivity index (χ4n) is 2.46. The molecule has 5 heteroatoms. The van der Waals surface area contributed by atoms with Crippen LogP contribution in [0.25, 0.3) is 0 Å². The van der Waals surface area contributed by atoms with Crippen molar-refractivity contribution in [2.24, 2.45) is 0 Å². The molecule has 2 amide bonds. The van der Waals surface area contributed by atoms with Crippen molar-refractivity contribution < 1.29 is 9.59 Å². The van der Waals surface area contributed by atoms with Crippen LogP contribution in [0.2, 0.25) is 0 Å². The number of carbonyl (C=O) groups excluding carboxylic acids is 2. The maximum atomic E-state index is 12.5. The van der Waals surface area contributed by atoms with Crippen molar-refractivity contribution in [2.75, 3.05) is 32.0 Å². The number of fused-ring (bicyclic) bond motifs is 1. The second-order valence-corrected chi connectivity index (χ2v) is 4.98. The summed E-state index contributed by atoms with van der Waals surface area (Å²) >= 11 is 0. The number of benzene rings is 1.